The summed E-state index contributed by atoms with van der Waals surface area (Å²) in [4.78, 5) is 0. The molecule has 1 aliphatic rings. The van der Waals surface area contributed by atoms with E-state index in [-0.39, 0.29) is 5.41 Å². The zero-order valence-electron chi connectivity index (χ0n) is 29.1. The highest BCUT2D eigenvalue weighted by atomic mass is 32.1. The van der Waals surface area contributed by atoms with Gasteiger partial charge in [-0.1, -0.05) is 141 Å². The first-order valence-electron chi connectivity index (χ1n) is 18.2. The van der Waals surface area contributed by atoms with Crippen LogP contribution in [0.2, 0.25) is 0 Å². The highest BCUT2D eigenvalue weighted by Crippen LogP contribution is 2.52. The van der Waals surface area contributed by atoms with Crippen LogP contribution in [0.3, 0.4) is 0 Å². The lowest BCUT2D eigenvalue weighted by atomic mass is 9.81. The highest BCUT2D eigenvalue weighted by molar-refractivity contribution is 7.25. The Labute approximate surface area is 307 Å². The first-order valence-corrected chi connectivity index (χ1v) is 19.0. The van der Waals surface area contributed by atoms with E-state index in [0.29, 0.717) is 0 Å². The number of thiophene rings is 1. The number of hydrogen-bond donors (Lipinski definition) is 0. The van der Waals surface area contributed by atoms with Crippen molar-refractivity contribution in [1.29, 1.82) is 0 Å². The van der Waals surface area contributed by atoms with Crippen LogP contribution in [0.1, 0.15) is 25.0 Å². The largest absolute Gasteiger partial charge is 0.135 e. The summed E-state index contributed by atoms with van der Waals surface area (Å²) >= 11 is 1.90. The molecule has 1 heteroatoms. The van der Waals surface area contributed by atoms with Gasteiger partial charge in [-0.3, -0.25) is 0 Å². The maximum atomic E-state index is 2.46. The Morgan fingerprint density at radius 3 is 1.63 bits per heavy atom. The molecule has 0 N–H and O–H groups in total. The van der Waals surface area contributed by atoms with E-state index in [1.165, 1.54) is 108 Å². The average molecular weight is 679 g/mol. The van der Waals surface area contributed by atoms with E-state index in [0.717, 1.165) is 0 Å². The second-order valence-corrected chi connectivity index (χ2v) is 15.9. The summed E-state index contributed by atoms with van der Waals surface area (Å²) in [7, 11) is 0. The van der Waals surface area contributed by atoms with E-state index in [9.17, 15) is 0 Å². The molecule has 1 heterocycles. The molecule has 52 heavy (non-hydrogen) atoms. The SMILES string of the molecule is CC1(C)c2ccc(-c3cccc(-c4c5ccccc5c(-c5ccccc5)c5ccccc45)c3)cc2-c2cc3cc4sc5ccccc5c4cc3cc21. The fourth-order valence-corrected chi connectivity index (χ4v) is 10.2. The molecule has 244 valence electrons. The number of rotatable bonds is 3. The molecule has 0 fully saturated rings. The van der Waals surface area contributed by atoms with Gasteiger partial charge >= 0.3 is 0 Å². The highest BCUT2D eigenvalue weighted by Gasteiger charge is 2.36. The maximum Gasteiger partial charge on any atom is 0.0361 e. The molecule has 9 aromatic carbocycles. The lowest BCUT2D eigenvalue weighted by Gasteiger charge is -2.22. The van der Waals surface area contributed by atoms with Crippen LogP contribution in [-0.2, 0) is 5.41 Å². The lowest BCUT2D eigenvalue weighted by Crippen LogP contribution is -2.14. The molecule has 0 atom stereocenters. The first-order chi connectivity index (χ1) is 25.5. The molecule has 10 aromatic rings. The predicted octanol–water partition coefficient (Wildman–Crippen LogP) is 14.8. The van der Waals surface area contributed by atoms with Gasteiger partial charge in [0.05, 0.1) is 0 Å². The lowest BCUT2D eigenvalue weighted by molar-refractivity contribution is 0.661. The minimum Gasteiger partial charge on any atom is -0.135 e. The molecule has 0 bridgehead atoms. The van der Waals surface area contributed by atoms with Gasteiger partial charge in [0.15, 0.2) is 0 Å². The van der Waals surface area contributed by atoms with E-state index in [2.05, 4.69) is 184 Å². The summed E-state index contributed by atoms with van der Waals surface area (Å²) in [6, 6.07) is 63.6. The van der Waals surface area contributed by atoms with Gasteiger partial charge < -0.3 is 0 Å². The van der Waals surface area contributed by atoms with Gasteiger partial charge in [-0.2, -0.15) is 0 Å². The molecule has 0 nitrogen and oxygen atoms in total. The van der Waals surface area contributed by atoms with Gasteiger partial charge in [0.1, 0.15) is 0 Å². The summed E-state index contributed by atoms with van der Waals surface area (Å²) in [5, 5.41) is 10.5. The third kappa shape index (κ3) is 4.27. The monoisotopic (exact) mass is 678 g/mol. The van der Waals surface area contributed by atoms with Crippen LogP contribution in [0.25, 0.3) is 97.0 Å². The number of benzene rings is 9. The summed E-state index contributed by atoms with van der Waals surface area (Å²) in [6.07, 6.45) is 0. The Kier molecular flexibility index (Phi) is 6.27. The minimum atomic E-state index is -0.0801. The summed E-state index contributed by atoms with van der Waals surface area (Å²) < 4.78 is 2.71. The predicted molar refractivity (Wildman–Crippen MR) is 226 cm³/mol. The van der Waals surface area contributed by atoms with Crippen LogP contribution in [0.15, 0.2) is 170 Å². The van der Waals surface area contributed by atoms with Crippen molar-refractivity contribution in [2.75, 3.05) is 0 Å². The van der Waals surface area contributed by atoms with Crippen molar-refractivity contribution < 1.29 is 0 Å². The van der Waals surface area contributed by atoms with Crippen molar-refractivity contribution in [1.82, 2.24) is 0 Å². The second kappa shape index (κ2) is 11.0. The standard InChI is InChI=1S/C51H34S/c1-51(2)45-24-23-33(26-42(45)43-27-36-30-48-44(28-35(36)29-46(43)51)37-17-10-11-22-47(37)52-48)32-15-12-16-34(25-32)50-40-20-8-6-18-38(40)49(31-13-4-3-5-14-31)39-19-7-9-21-41(39)50/h3-30H,1-2H3. The van der Waals surface area contributed by atoms with Crippen LogP contribution in [0.5, 0.6) is 0 Å². The molecule has 1 aromatic heterocycles. The average Bonchev–Trinajstić information content (AvgIpc) is 3.65. The van der Waals surface area contributed by atoms with E-state index in [1.807, 2.05) is 11.3 Å². The molecule has 0 spiro atoms. The van der Waals surface area contributed by atoms with Gasteiger partial charge in [-0.05, 0) is 130 Å². The smallest absolute Gasteiger partial charge is 0.0361 e. The molecule has 11 rings (SSSR count). The molecular formula is C51H34S. The van der Waals surface area contributed by atoms with Crippen LogP contribution < -0.4 is 0 Å². The van der Waals surface area contributed by atoms with E-state index in [1.54, 1.807) is 0 Å². The Morgan fingerprint density at radius 1 is 0.346 bits per heavy atom. The van der Waals surface area contributed by atoms with Crippen molar-refractivity contribution in [3.05, 3.63) is 181 Å². The van der Waals surface area contributed by atoms with Crippen LogP contribution in [0, 0.1) is 0 Å². The molecule has 0 saturated heterocycles. The van der Waals surface area contributed by atoms with Crippen LogP contribution in [-0.4, -0.2) is 0 Å². The summed E-state index contributed by atoms with van der Waals surface area (Å²) in [6.45, 7) is 4.77. The Hall–Kier alpha value is -6.02. The number of hydrogen-bond acceptors (Lipinski definition) is 1. The molecule has 0 aliphatic heterocycles. The second-order valence-electron chi connectivity index (χ2n) is 14.9. The van der Waals surface area contributed by atoms with Gasteiger partial charge in [-0.15, -0.1) is 11.3 Å². The minimum absolute atomic E-state index is 0.0801. The molecule has 0 amide bonds. The zero-order valence-corrected chi connectivity index (χ0v) is 29.9. The topological polar surface area (TPSA) is 0 Å². The van der Waals surface area contributed by atoms with Crippen molar-refractivity contribution in [2.45, 2.75) is 19.3 Å². The third-order valence-corrected chi connectivity index (χ3v) is 12.7. The van der Waals surface area contributed by atoms with Crippen molar-refractivity contribution >= 4 is 63.8 Å². The summed E-state index contributed by atoms with van der Waals surface area (Å²) in [5.74, 6) is 0. The molecular weight excluding hydrogens is 645 g/mol. The van der Waals surface area contributed by atoms with Gasteiger partial charge in [0.2, 0.25) is 0 Å². The molecule has 1 aliphatic carbocycles. The number of fused-ring (bicyclic) bond motifs is 9. The molecule has 0 unspecified atom stereocenters. The fraction of sp³-hybridized carbons (Fsp3) is 0.0588. The maximum absolute atomic E-state index is 2.46. The molecule has 0 saturated carbocycles. The Morgan fingerprint density at radius 2 is 0.904 bits per heavy atom. The van der Waals surface area contributed by atoms with E-state index in [4.69, 9.17) is 0 Å². The third-order valence-electron chi connectivity index (χ3n) is 11.6. The van der Waals surface area contributed by atoms with E-state index >= 15 is 0 Å². The van der Waals surface area contributed by atoms with Crippen molar-refractivity contribution in [3.63, 3.8) is 0 Å². The normalized spacial score (nSPS) is 13.3. The van der Waals surface area contributed by atoms with Gasteiger partial charge in [-0.25, -0.2) is 0 Å². The van der Waals surface area contributed by atoms with Crippen LogP contribution in [0.4, 0.5) is 0 Å². The van der Waals surface area contributed by atoms with Crippen molar-refractivity contribution in [3.8, 4) is 44.5 Å². The first kappa shape index (κ1) is 29.7. The Bertz CT molecular complexity index is 3030. The quantitative estimate of drug-likeness (QED) is 0.163. The zero-order chi connectivity index (χ0) is 34.6. The fourth-order valence-electron chi connectivity index (χ4n) is 9.11. The summed E-state index contributed by atoms with van der Waals surface area (Å²) in [5.41, 5.74) is 13.0. The van der Waals surface area contributed by atoms with Crippen molar-refractivity contribution in [2.24, 2.45) is 0 Å². The van der Waals surface area contributed by atoms with E-state index < -0.39 is 0 Å². The van der Waals surface area contributed by atoms with Gasteiger partial charge in [0, 0.05) is 25.6 Å². The molecule has 0 radical (unpaired) electrons. The van der Waals surface area contributed by atoms with Gasteiger partial charge in [0.25, 0.3) is 0 Å². The van der Waals surface area contributed by atoms with Crippen LogP contribution >= 0.6 is 11.3 Å². The Balaban J connectivity index is 1.08.